The van der Waals surface area contributed by atoms with Gasteiger partial charge in [0.2, 0.25) is 0 Å². The first-order valence-corrected chi connectivity index (χ1v) is 4.99. The molecule has 2 nitrogen and oxygen atoms in total. The van der Waals surface area contributed by atoms with Gasteiger partial charge in [-0.3, -0.25) is 0 Å². The molecule has 1 aliphatic heterocycles. The van der Waals surface area contributed by atoms with Crippen LogP contribution < -0.4 is 0 Å². The third-order valence-corrected chi connectivity index (χ3v) is 2.37. The highest BCUT2D eigenvalue weighted by molar-refractivity contribution is 4.94. The van der Waals surface area contributed by atoms with E-state index in [0.29, 0.717) is 6.17 Å². The van der Waals surface area contributed by atoms with E-state index in [2.05, 4.69) is 43.0 Å². The van der Waals surface area contributed by atoms with Gasteiger partial charge in [-0.05, 0) is 19.8 Å². The molecule has 0 spiro atoms. The normalized spacial score (nSPS) is 17.9. The minimum atomic E-state index is 0.574. The van der Waals surface area contributed by atoms with E-state index in [4.69, 9.17) is 0 Å². The van der Waals surface area contributed by atoms with Crippen LogP contribution in [0.15, 0.2) is 12.4 Å². The van der Waals surface area contributed by atoms with Crippen LogP contribution in [0.3, 0.4) is 0 Å². The molecule has 70 valence electrons. The van der Waals surface area contributed by atoms with E-state index >= 15 is 0 Å². The molecule has 0 aliphatic carbocycles. The SMILES string of the molecule is CCCN1C=CN(CCC)C1C. The monoisotopic (exact) mass is 168 g/mol. The van der Waals surface area contributed by atoms with Crippen molar-refractivity contribution in [2.24, 2.45) is 0 Å². The van der Waals surface area contributed by atoms with Gasteiger partial charge in [-0.1, -0.05) is 13.8 Å². The Morgan fingerprint density at radius 2 is 1.42 bits per heavy atom. The van der Waals surface area contributed by atoms with Gasteiger partial charge in [0, 0.05) is 25.5 Å². The lowest BCUT2D eigenvalue weighted by Gasteiger charge is -2.29. The van der Waals surface area contributed by atoms with Crippen molar-refractivity contribution in [2.45, 2.75) is 39.8 Å². The summed E-state index contributed by atoms with van der Waals surface area (Å²) in [4.78, 5) is 4.80. The molecule has 1 heterocycles. The van der Waals surface area contributed by atoms with Crippen molar-refractivity contribution in [3.8, 4) is 0 Å². The maximum Gasteiger partial charge on any atom is 0.0977 e. The number of hydrogen-bond donors (Lipinski definition) is 0. The van der Waals surface area contributed by atoms with Crippen molar-refractivity contribution in [1.29, 1.82) is 0 Å². The first-order valence-electron chi connectivity index (χ1n) is 4.99. The van der Waals surface area contributed by atoms with Gasteiger partial charge in [0.05, 0.1) is 6.17 Å². The van der Waals surface area contributed by atoms with Crippen molar-refractivity contribution < 1.29 is 0 Å². The van der Waals surface area contributed by atoms with E-state index in [9.17, 15) is 0 Å². The topological polar surface area (TPSA) is 6.48 Å². The van der Waals surface area contributed by atoms with E-state index < -0.39 is 0 Å². The number of nitrogens with zero attached hydrogens (tertiary/aromatic N) is 2. The summed E-state index contributed by atoms with van der Waals surface area (Å²) in [5.41, 5.74) is 0. The second kappa shape index (κ2) is 4.39. The Labute approximate surface area is 75.8 Å². The fraction of sp³-hybridized carbons (Fsp3) is 0.800. The van der Waals surface area contributed by atoms with Gasteiger partial charge in [0.25, 0.3) is 0 Å². The summed E-state index contributed by atoms with van der Waals surface area (Å²) in [5.74, 6) is 0. The Morgan fingerprint density at radius 3 is 1.75 bits per heavy atom. The van der Waals surface area contributed by atoms with Crippen LogP contribution in [0, 0.1) is 0 Å². The highest BCUT2D eigenvalue weighted by Gasteiger charge is 2.19. The quantitative estimate of drug-likeness (QED) is 0.635. The first kappa shape index (κ1) is 9.43. The molecule has 0 saturated heterocycles. The molecule has 1 aliphatic rings. The van der Waals surface area contributed by atoms with E-state index in [0.717, 1.165) is 0 Å². The number of rotatable bonds is 4. The van der Waals surface area contributed by atoms with Gasteiger partial charge < -0.3 is 9.80 Å². The van der Waals surface area contributed by atoms with Crippen molar-refractivity contribution in [3.05, 3.63) is 12.4 Å². The zero-order valence-corrected chi connectivity index (χ0v) is 8.45. The van der Waals surface area contributed by atoms with Crippen LogP contribution >= 0.6 is 0 Å². The predicted molar refractivity (Wildman–Crippen MR) is 52.6 cm³/mol. The molecule has 0 amide bonds. The summed E-state index contributed by atoms with van der Waals surface area (Å²) in [6.45, 7) is 9.08. The molecule has 0 N–H and O–H groups in total. The average Bonchev–Trinajstić information content (AvgIpc) is 2.38. The van der Waals surface area contributed by atoms with Crippen LogP contribution in [0.25, 0.3) is 0 Å². The molecule has 0 fully saturated rings. The largest absolute Gasteiger partial charge is 0.356 e. The summed E-state index contributed by atoms with van der Waals surface area (Å²) in [6, 6.07) is 0. The lowest BCUT2D eigenvalue weighted by Crippen LogP contribution is -2.36. The van der Waals surface area contributed by atoms with Crippen LogP contribution in [-0.4, -0.2) is 29.1 Å². The van der Waals surface area contributed by atoms with Gasteiger partial charge in [0.15, 0.2) is 0 Å². The summed E-state index contributed by atoms with van der Waals surface area (Å²) in [7, 11) is 0. The third-order valence-electron chi connectivity index (χ3n) is 2.37. The van der Waals surface area contributed by atoms with E-state index in [1.807, 2.05) is 0 Å². The molecule has 0 atom stereocenters. The Morgan fingerprint density at radius 1 is 1.00 bits per heavy atom. The highest BCUT2D eigenvalue weighted by Crippen LogP contribution is 2.15. The van der Waals surface area contributed by atoms with E-state index in [1.165, 1.54) is 25.9 Å². The summed E-state index contributed by atoms with van der Waals surface area (Å²) in [6.07, 6.45) is 7.46. The van der Waals surface area contributed by atoms with Crippen molar-refractivity contribution in [3.63, 3.8) is 0 Å². The van der Waals surface area contributed by atoms with Gasteiger partial charge in [-0.2, -0.15) is 0 Å². The molecule has 0 unspecified atom stereocenters. The van der Waals surface area contributed by atoms with Crippen LogP contribution in [0.2, 0.25) is 0 Å². The summed E-state index contributed by atoms with van der Waals surface area (Å²) >= 11 is 0. The fourth-order valence-electron chi connectivity index (χ4n) is 1.65. The molecule has 0 aromatic carbocycles. The summed E-state index contributed by atoms with van der Waals surface area (Å²) in [5, 5.41) is 0. The van der Waals surface area contributed by atoms with Gasteiger partial charge in [0.1, 0.15) is 0 Å². The summed E-state index contributed by atoms with van der Waals surface area (Å²) < 4.78 is 0. The second-order valence-electron chi connectivity index (χ2n) is 3.41. The van der Waals surface area contributed by atoms with E-state index in [1.54, 1.807) is 0 Å². The van der Waals surface area contributed by atoms with Gasteiger partial charge in [-0.25, -0.2) is 0 Å². The molecular formula is C10H20N2. The van der Waals surface area contributed by atoms with Gasteiger partial charge in [-0.15, -0.1) is 0 Å². The third kappa shape index (κ3) is 1.93. The maximum absolute atomic E-state index is 2.40. The first-order chi connectivity index (χ1) is 5.79. The fourth-order valence-corrected chi connectivity index (χ4v) is 1.65. The zero-order valence-electron chi connectivity index (χ0n) is 8.45. The molecule has 0 aromatic heterocycles. The van der Waals surface area contributed by atoms with Crippen LogP contribution in [0.1, 0.15) is 33.6 Å². The van der Waals surface area contributed by atoms with Crippen LogP contribution in [0.4, 0.5) is 0 Å². The lowest BCUT2D eigenvalue weighted by atomic mass is 10.3. The second-order valence-corrected chi connectivity index (χ2v) is 3.41. The molecule has 12 heavy (non-hydrogen) atoms. The van der Waals surface area contributed by atoms with Crippen LogP contribution in [-0.2, 0) is 0 Å². The Hall–Kier alpha value is -0.660. The maximum atomic E-state index is 2.40. The molecule has 0 bridgehead atoms. The standard InChI is InChI=1S/C10H20N2/c1-4-6-11-8-9-12(7-5-2)10(11)3/h8-10H,4-7H2,1-3H3. The van der Waals surface area contributed by atoms with Crippen LogP contribution in [0.5, 0.6) is 0 Å². The Bertz CT molecular complexity index is 138. The average molecular weight is 168 g/mol. The van der Waals surface area contributed by atoms with Gasteiger partial charge >= 0.3 is 0 Å². The van der Waals surface area contributed by atoms with E-state index in [-0.39, 0.29) is 0 Å². The molecule has 1 rings (SSSR count). The molecule has 0 saturated carbocycles. The van der Waals surface area contributed by atoms with Crippen molar-refractivity contribution in [2.75, 3.05) is 13.1 Å². The Kier molecular flexibility index (Phi) is 3.45. The Balaban J connectivity index is 2.38. The smallest absolute Gasteiger partial charge is 0.0977 e. The number of hydrogen-bond acceptors (Lipinski definition) is 2. The molecule has 2 heteroatoms. The molecule has 0 aromatic rings. The molecular weight excluding hydrogens is 148 g/mol. The lowest BCUT2D eigenvalue weighted by molar-refractivity contribution is 0.170. The minimum Gasteiger partial charge on any atom is -0.356 e. The van der Waals surface area contributed by atoms with Crippen molar-refractivity contribution >= 4 is 0 Å². The zero-order chi connectivity index (χ0) is 8.97. The highest BCUT2D eigenvalue weighted by atomic mass is 15.4. The molecule has 0 radical (unpaired) electrons. The van der Waals surface area contributed by atoms with Crippen molar-refractivity contribution in [1.82, 2.24) is 9.80 Å². The predicted octanol–water partition coefficient (Wildman–Crippen LogP) is 2.24. The minimum absolute atomic E-state index is 0.574.